The Labute approximate surface area is 188 Å². The van der Waals surface area contributed by atoms with Gasteiger partial charge in [-0.2, -0.15) is 11.8 Å². The minimum Gasteiger partial charge on any atom is -0.481 e. The summed E-state index contributed by atoms with van der Waals surface area (Å²) in [7, 11) is 0. The summed E-state index contributed by atoms with van der Waals surface area (Å²) in [5.74, 6) is 2.30. The van der Waals surface area contributed by atoms with Gasteiger partial charge in [0.25, 0.3) is 0 Å². The van der Waals surface area contributed by atoms with E-state index < -0.39 is 11.9 Å². The first kappa shape index (κ1) is 21.1. The number of carbonyl (C=O) groups is 1. The fraction of sp³-hybridized carbons (Fsp3) is 0.519. The van der Waals surface area contributed by atoms with E-state index in [1.807, 2.05) is 12.1 Å². The van der Waals surface area contributed by atoms with Gasteiger partial charge >= 0.3 is 5.97 Å². The van der Waals surface area contributed by atoms with Crippen molar-refractivity contribution in [1.82, 2.24) is 0 Å². The van der Waals surface area contributed by atoms with Crippen LogP contribution in [0.25, 0.3) is 11.1 Å². The number of carboxylic acid groups (broad SMARTS) is 1. The molecule has 0 heterocycles. The van der Waals surface area contributed by atoms with E-state index in [0.717, 1.165) is 28.9 Å². The minimum atomic E-state index is -0.803. The summed E-state index contributed by atoms with van der Waals surface area (Å²) < 4.78 is 14.8. The van der Waals surface area contributed by atoms with Crippen LogP contribution in [0, 0.1) is 29.5 Å². The standard InChI is InChI=1S/C27H31FO2S/c1-17(26(29)30)15-31-16-23-6-5-22(11-25(23)28)21-3-2-4-24(10-21)27-12-18-7-19(13-27)9-20(8-18)14-27/h2-6,10-11,17-20H,7-9,12-16H2,1H3,(H,29,30). The van der Waals surface area contributed by atoms with E-state index in [2.05, 4.69) is 24.3 Å². The van der Waals surface area contributed by atoms with Gasteiger partial charge in [-0.15, -0.1) is 0 Å². The lowest BCUT2D eigenvalue weighted by Crippen LogP contribution is -2.48. The van der Waals surface area contributed by atoms with Crippen molar-refractivity contribution in [3.8, 4) is 11.1 Å². The molecule has 4 fully saturated rings. The first-order valence-corrected chi connectivity index (χ1v) is 12.8. The van der Waals surface area contributed by atoms with E-state index in [1.165, 1.54) is 55.9 Å². The molecule has 4 saturated carbocycles. The van der Waals surface area contributed by atoms with Crippen LogP contribution < -0.4 is 0 Å². The Bertz CT molecular complexity index is 950. The number of thioether (sulfide) groups is 1. The van der Waals surface area contributed by atoms with Gasteiger partial charge in [-0.25, -0.2) is 4.39 Å². The highest BCUT2D eigenvalue weighted by Gasteiger charge is 2.51. The first-order chi connectivity index (χ1) is 14.9. The molecule has 2 aromatic rings. The molecule has 0 aromatic heterocycles. The zero-order valence-electron chi connectivity index (χ0n) is 18.1. The van der Waals surface area contributed by atoms with Crippen LogP contribution >= 0.6 is 11.8 Å². The van der Waals surface area contributed by atoms with Crippen molar-refractivity contribution in [3.05, 3.63) is 59.4 Å². The number of benzene rings is 2. The maximum Gasteiger partial charge on any atom is 0.307 e. The Kier molecular flexibility index (Phi) is 5.62. The lowest BCUT2D eigenvalue weighted by atomic mass is 9.48. The predicted octanol–water partition coefficient (Wildman–Crippen LogP) is 6.91. The summed E-state index contributed by atoms with van der Waals surface area (Å²) in [6.45, 7) is 1.69. The van der Waals surface area contributed by atoms with Gasteiger partial charge in [0.15, 0.2) is 0 Å². The van der Waals surface area contributed by atoms with Crippen molar-refractivity contribution in [2.24, 2.45) is 23.7 Å². The van der Waals surface area contributed by atoms with Crippen molar-refractivity contribution in [3.63, 3.8) is 0 Å². The molecule has 4 aliphatic rings. The number of rotatable bonds is 7. The van der Waals surface area contributed by atoms with E-state index in [1.54, 1.807) is 13.0 Å². The molecule has 0 saturated heterocycles. The molecule has 1 N–H and O–H groups in total. The SMILES string of the molecule is CC(CSCc1ccc(-c2cccc(C34CC5CC(CC(C5)C3)C4)c2)cc1F)C(=O)O. The fourth-order valence-corrected chi connectivity index (χ4v) is 7.82. The van der Waals surface area contributed by atoms with E-state index >= 15 is 0 Å². The van der Waals surface area contributed by atoms with Crippen LogP contribution in [-0.2, 0) is 16.0 Å². The van der Waals surface area contributed by atoms with Gasteiger partial charge in [-0.05, 0) is 90.0 Å². The highest BCUT2D eigenvalue weighted by atomic mass is 32.2. The maximum atomic E-state index is 14.8. The third-order valence-electron chi connectivity index (χ3n) is 7.95. The molecular weight excluding hydrogens is 407 g/mol. The Hall–Kier alpha value is -1.81. The highest BCUT2D eigenvalue weighted by Crippen LogP contribution is 2.60. The van der Waals surface area contributed by atoms with Crippen molar-refractivity contribution in [2.75, 3.05) is 5.75 Å². The lowest BCUT2D eigenvalue weighted by molar-refractivity contribution is -0.140. The molecule has 4 heteroatoms. The maximum absolute atomic E-state index is 14.8. The quantitative estimate of drug-likeness (QED) is 0.510. The zero-order chi connectivity index (χ0) is 21.6. The van der Waals surface area contributed by atoms with Gasteiger partial charge in [-0.1, -0.05) is 43.3 Å². The molecule has 31 heavy (non-hydrogen) atoms. The second kappa shape index (κ2) is 8.27. The molecule has 6 rings (SSSR count). The molecule has 1 atom stereocenters. The number of hydrogen-bond acceptors (Lipinski definition) is 2. The molecule has 0 radical (unpaired) electrons. The van der Waals surface area contributed by atoms with Crippen LogP contribution in [0.1, 0.15) is 56.6 Å². The third kappa shape index (κ3) is 4.16. The van der Waals surface area contributed by atoms with E-state index in [0.29, 0.717) is 22.5 Å². The Morgan fingerprint density at radius 3 is 2.32 bits per heavy atom. The largest absolute Gasteiger partial charge is 0.481 e. The molecule has 164 valence electrons. The number of hydrogen-bond donors (Lipinski definition) is 1. The summed E-state index contributed by atoms with van der Waals surface area (Å²) >= 11 is 1.47. The Morgan fingerprint density at radius 1 is 1.06 bits per heavy atom. The van der Waals surface area contributed by atoms with Crippen molar-refractivity contribution < 1.29 is 14.3 Å². The summed E-state index contributed by atoms with van der Waals surface area (Å²) in [5, 5.41) is 9.00. The lowest BCUT2D eigenvalue weighted by Gasteiger charge is -2.57. The van der Waals surface area contributed by atoms with Crippen molar-refractivity contribution >= 4 is 17.7 Å². The monoisotopic (exact) mass is 438 g/mol. The molecule has 1 unspecified atom stereocenters. The minimum absolute atomic E-state index is 0.201. The van der Waals surface area contributed by atoms with Gasteiger partial charge < -0.3 is 5.11 Å². The smallest absolute Gasteiger partial charge is 0.307 e. The molecular formula is C27H31FO2S. The summed E-state index contributed by atoms with van der Waals surface area (Å²) in [4.78, 5) is 11.0. The molecule has 4 aliphatic carbocycles. The van der Waals surface area contributed by atoms with Crippen molar-refractivity contribution in [1.29, 1.82) is 0 Å². The third-order valence-corrected chi connectivity index (χ3v) is 9.20. The normalized spacial score (nSPS) is 29.8. The molecule has 0 spiro atoms. The summed E-state index contributed by atoms with van der Waals surface area (Å²) in [5.41, 5.74) is 4.48. The van der Waals surface area contributed by atoms with E-state index in [9.17, 15) is 9.18 Å². The molecule has 2 aromatic carbocycles. The van der Waals surface area contributed by atoms with Gasteiger partial charge in [0.1, 0.15) is 5.82 Å². The Morgan fingerprint density at radius 2 is 1.71 bits per heavy atom. The van der Waals surface area contributed by atoms with Crippen LogP contribution in [0.4, 0.5) is 4.39 Å². The zero-order valence-corrected chi connectivity index (χ0v) is 19.0. The fourth-order valence-electron chi connectivity index (χ4n) is 6.75. The molecule has 0 amide bonds. The van der Waals surface area contributed by atoms with Gasteiger partial charge in [0.05, 0.1) is 5.92 Å². The van der Waals surface area contributed by atoms with Crippen LogP contribution in [-0.4, -0.2) is 16.8 Å². The second-order valence-corrected chi connectivity index (χ2v) is 11.4. The number of halogens is 1. The van der Waals surface area contributed by atoms with Crippen LogP contribution in [0.5, 0.6) is 0 Å². The highest BCUT2D eigenvalue weighted by molar-refractivity contribution is 7.98. The predicted molar refractivity (Wildman–Crippen MR) is 125 cm³/mol. The van der Waals surface area contributed by atoms with Crippen LogP contribution in [0.2, 0.25) is 0 Å². The summed E-state index contributed by atoms with van der Waals surface area (Å²) in [6, 6.07) is 14.4. The van der Waals surface area contributed by atoms with Crippen LogP contribution in [0.3, 0.4) is 0 Å². The molecule has 4 bridgehead atoms. The average Bonchev–Trinajstić information content (AvgIpc) is 2.74. The van der Waals surface area contributed by atoms with Crippen molar-refractivity contribution in [2.45, 2.75) is 56.6 Å². The number of aliphatic carboxylic acids is 1. The Balaban J connectivity index is 1.33. The second-order valence-electron chi connectivity index (χ2n) is 10.3. The topological polar surface area (TPSA) is 37.3 Å². The molecule has 0 aliphatic heterocycles. The van der Waals surface area contributed by atoms with Gasteiger partial charge in [0, 0.05) is 11.5 Å². The van der Waals surface area contributed by atoms with Crippen LogP contribution in [0.15, 0.2) is 42.5 Å². The van der Waals surface area contributed by atoms with E-state index in [-0.39, 0.29) is 5.82 Å². The van der Waals surface area contributed by atoms with Gasteiger partial charge in [0.2, 0.25) is 0 Å². The first-order valence-electron chi connectivity index (χ1n) is 11.6. The summed E-state index contributed by atoms with van der Waals surface area (Å²) in [6.07, 6.45) is 8.32. The molecule has 2 nitrogen and oxygen atoms in total. The number of carboxylic acids is 1. The van der Waals surface area contributed by atoms with E-state index in [4.69, 9.17) is 5.11 Å². The van der Waals surface area contributed by atoms with Gasteiger partial charge in [-0.3, -0.25) is 4.79 Å². The average molecular weight is 439 g/mol.